The van der Waals surface area contributed by atoms with Gasteiger partial charge in [0.15, 0.2) is 0 Å². The summed E-state index contributed by atoms with van der Waals surface area (Å²) in [6.07, 6.45) is 1.87. The van der Waals surface area contributed by atoms with Gasteiger partial charge >= 0.3 is 0 Å². The molecular weight excluding hydrogens is 242 g/mol. The first-order chi connectivity index (χ1) is 9.02. The van der Waals surface area contributed by atoms with E-state index in [1.165, 1.54) is 0 Å². The van der Waals surface area contributed by atoms with Gasteiger partial charge in [0, 0.05) is 24.8 Å². The Kier molecular flexibility index (Phi) is 4.04. The standard InChI is InChI=1S/C14H21N3O2/c1-9-5-6-17(11(7-9)8-15)14(19)12-4-3-10(2)16-13(12)18/h3-4,9,11H,5-8,15H2,1-2H3,(H,16,18). The molecule has 0 aliphatic carbocycles. The summed E-state index contributed by atoms with van der Waals surface area (Å²) >= 11 is 0. The Balaban J connectivity index is 2.25. The van der Waals surface area contributed by atoms with Crippen molar-refractivity contribution in [3.63, 3.8) is 0 Å². The molecule has 1 aliphatic rings. The van der Waals surface area contributed by atoms with Crippen molar-refractivity contribution in [3.05, 3.63) is 33.7 Å². The lowest BCUT2D eigenvalue weighted by Gasteiger charge is -2.37. The van der Waals surface area contributed by atoms with Gasteiger partial charge in [-0.1, -0.05) is 6.92 Å². The predicted molar refractivity (Wildman–Crippen MR) is 74.1 cm³/mol. The number of aromatic nitrogens is 1. The van der Waals surface area contributed by atoms with Crippen LogP contribution in [0.3, 0.4) is 0 Å². The van der Waals surface area contributed by atoms with E-state index in [1.807, 2.05) is 0 Å². The second-order valence-electron chi connectivity index (χ2n) is 5.40. The maximum atomic E-state index is 12.5. The van der Waals surface area contributed by atoms with Crippen LogP contribution in [-0.4, -0.2) is 34.9 Å². The minimum atomic E-state index is -0.320. The van der Waals surface area contributed by atoms with Crippen LogP contribution in [0.5, 0.6) is 0 Å². The molecule has 2 atom stereocenters. The largest absolute Gasteiger partial charge is 0.334 e. The highest BCUT2D eigenvalue weighted by molar-refractivity contribution is 5.94. The lowest BCUT2D eigenvalue weighted by atomic mass is 9.92. The van der Waals surface area contributed by atoms with Crippen molar-refractivity contribution in [2.75, 3.05) is 13.1 Å². The van der Waals surface area contributed by atoms with E-state index in [1.54, 1.807) is 24.0 Å². The van der Waals surface area contributed by atoms with Gasteiger partial charge in [-0.3, -0.25) is 9.59 Å². The normalized spacial score (nSPS) is 23.4. The van der Waals surface area contributed by atoms with Gasteiger partial charge in [-0.05, 0) is 37.8 Å². The first-order valence-corrected chi connectivity index (χ1v) is 6.74. The molecule has 1 amide bonds. The quantitative estimate of drug-likeness (QED) is 0.831. The Hall–Kier alpha value is -1.62. The number of nitrogens with two attached hydrogens (primary N) is 1. The van der Waals surface area contributed by atoms with E-state index in [2.05, 4.69) is 11.9 Å². The Morgan fingerprint density at radius 2 is 2.26 bits per heavy atom. The van der Waals surface area contributed by atoms with E-state index in [0.717, 1.165) is 18.5 Å². The van der Waals surface area contributed by atoms with Gasteiger partial charge < -0.3 is 15.6 Å². The Morgan fingerprint density at radius 1 is 1.53 bits per heavy atom. The summed E-state index contributed by atoms with van der Waals surface area (Å²) in [5, 5.41) is 0. The molecule has 1 aromatic heterocycles. The number of aromatic amines is 1. The summed E-state index contributed by atoms with van der Waals surface area (Å²) < 4.78 is 0. The molecular formula is C14H21N3O2. The van der Waals surface area contributed by atoms with Crippen molar-refractivity contribution in [1.82, 2.24) is 9.88 Å². The molecule has 0 bridgehead atoms. The molecule has 0 spiro atoms. The Morgan fingerprint density at radius 3 is 2.89 bits per heavy atom. The first kappa shape index (κ1) is 13.8. The van der Waals surface area contributed by atoms with E-state index in [4.69, 9.17) is 5.73 Å². The van der Waals surface area contributed by atoms with Crippen LogP contribution in [0.2, 0.25) is 0 Å². The zero-order chi connectivity index (χ0) is 14.0. The minimum absolute atomic E-state index is 0.0388. The fraction of sp³-hybridized carbons (Fsp3) is 0.571. The number of H-pyrrole nitrogens is 1. The third-order valence-electron chi connectivity index (χ3n) is 3.80. The van der Waals surface area contributed by atoms with E-state index in [-0.39, 0.29) is 23.1 Å². The first-order valence-electron chi connectivity index (χ1n) is 6.74. The molecule has 104 valence electrons. The second kappa shape index (κ2) is 5.57. The van der Waals surface area contributed by atoms with Gasteiger partial charge in [-0.2, -0.15) is 0 Å². The van der Waals surface area contributed by atoms with E-state index in [9.17, 15) is 9.59 Å². The van der Waals surface area contributed by atoms with Gasteiger partial charge in [0.1, 0.15) is 5.56 Å². The molecule has 19 heavy (non-hydrogen) atoms. The van der Waals surface area contributed by atoms with E-state index >= 15 is 0 Å². The Bertz CT molecular complexity index is 524. The number of hydrogen-bond donors (Lipinski definition) is 2. The highest BCUT2D eigenvalue weighted by Crippen LogP contribution is 2.23. The highest BCUT2D eigenvalue weighted by Gasteiger charge is 2.30. The summed E-state index contributed by atoms with van der Waals surface area (Å²) in [5.41, 5.74) is 6.39. The monoisotopic (exact) mass is 263 g/mol. The average Bonchev–Trinajstić information content (AvgIpc) is 2.37. The van der Waals surface area contributed by atoms with Crippen molar-refractivity contribution < 1.29 is 4.79 Å². The van der Waals surface area contributed by atoms with Gasteiger partial charge in [0.2, 0.25) is 0 Å². The fourth-order valence-corrected chi connectivity index (χ4v) is 2.64. The van der Waals surface area contributed by atoms with Crippen LogP contribution in [0.15, 0.2) is 16.9 Å². The number of nitrogens with one attached hydrogen (secondary N) is 1. The number of rotatable bonds is 2. The van der Waals surface area contributed by atoms with Crippen LogP contribution < -0.4 is 11.3 Å². The average molecular weight is 263 g/mol. The van der Waals surface area contributed by atoms with Crippen molar-refractivity contribution in [1.29, 1.82) is 0 Å². The fourth-order valence-electron chi connectivity index (χ4n) is 2.64. The zero-order valence-corrected chi connectivity index (χ0v) is 11.5. The molecule has 2 heterocycles. The third-order valence-corrected chi connectivity index (χ3v) is 3.80. The predicted octanol–water partition coefficient (Wildman–Crippen LogP) is 0.883. The van der Waals surface area contributed by atoms with Crippen molar-refractivity contribution in [2.24, 2.45) is 11.7 Å². The number of nitrogens with zero attached hydrogens (tertiary/aromatic N) is 1. The maximum Gasteiger partial charge on any atom is 0.260 e. The van der Waals surface area contributed by atoms with Crippen LogP contribution in [0.1, 0.15) is 35.8 Å². The van der Waals surface area contributed by atoms with Gasteiger partial charge in [-0.15, -0.1) is 0 Å². The zero-order valence-electron chi connectivity index (χ0n) is 11.5. The Labute approximate surface area is 112 Å². The summed E-state index contributed by atoms with van der Waals surface area (Å²) in [7, 11) is 0. The lowest BCUT2D eigenvalue weighted by Crippen LogP contribution is -2.50. The SMILES string of the molecule is Cc1ccc(C(=O)N2CCC(C)CC2CN)c(=O)[nH]1. The van der Waals surface area contributed by atoms with Crippen molar-refractivity contribution in [2.45, 2.75) is 32.7 Å². The molecule has 0 saturated carbocycles. The van der Waals surface area contributed by atoms with Gasteiger partial charge in [-0.25, -0.2) is 0 Å². The van der Waals surface area contributed by atoms with Crippen LogP contribution in [-0.2, 0) is 0 Å². The van der Waals surface area contributed by atoms with Crippen molar-refractivity contribution >= 4 is 5.91 Å². The van der Waals surface area contributed by atoms with Crippen LogP contribution in [0.4, 0.5) is 0 Å². The van der Waals surface area contributed by atoms with Gasteiger partial charge in [0.25, 0.3) is 11.5 Å². The number of pyridine rings is 1. The summed E-state index contributed by atoms with van der Waals surface area (Å²) in [5.74, 6) is 0.373. The molecule has 1 saturated heterocycles. The molecule has 1 fully saturated rings. The lowest BCUT2D eigenvalue weighted by molar-refractivity contribution is 0.0572. The summed E-state index contributed by atoms with van der Waals surface area (Å²) in [4.78, 5) is 28.7. The van der Waals surface area contributed by atoms with Crippen LogP contribution in [0, 0.1) is 12.8 Å². The highest BCUT2D eigenvalue weighted by atomic mass is 16.2. The minimum Gasteiger partial charge on any atom is -0.334 e. The molecule has 2 rings (SSSR count). The number of carbonyl (C=O) groups is 1. The third kappa shape index (κ3) is 2.87. The van der Waals surface area contributed by atoms with Crippen molar-refractivity contribution in [3.8, 4) is 0 Å². The number of piperidine rings is 1. The summed E-state index contributed by atoms with van der Waals surface area (Å²) in [6.45, 7) is 5.08. The van der Waals surface area contributed by atoms with E-state index in [0.29, 0.717) is 19.0 Å². The molecule has 5 nitrogen and oxygen atoms in total. The molecule has 2 unspecified atom stereocenters. The number of amides is 1. The van der Waals surface area contributed by atoms with Crippen LogP contribution >= 0.6 is 0 Å². The number of carbonyl (C=O) groups excluding carboxylic acids is 1. The smallest absolute Gasteiger partial charge is 0.260 e. The van der Waals surface area contributed by atoms with Gasteiger partial charge in [0.05, 0.1) is 0 Å². The number of hydrogen-bond acceptors (Lipinski definition) is 3. The molecule has 3 N–H and O–H groups in total. The second-order valence-corrected chi connectivity index (χ2v) is 5.40. The molecule has 0 radical (unpaired) electrons. The molecule has 1 aliphatic heterocycles. The number of aryl methyl sites for hydroxylation is 1. The molecule has 1 aromatic rings. The van der Waals surface area contributed by atoms with E-state index < -0.39 is 0 Å². The van der Waals surface area contributed by atoms with Crippen LogP contribution in [0.25, 0.3) is 0 Å². The number of likely N-dealkylation sites (tertiary alicyclic amines) is 1. The maximum absolute atomic E-state index is 12.5. The molecule has 0 aromatic carbocycles. The molecule has 5 heteroatoms. The topological polar surface area (TPSA) is 79.2 Å². The summed E-state index contributed by atoms with van der Waals surface area (Å²) in [6, 6.07) is 3.39.